The van der Waals surface area contributed by atoms with Gasteiger partial charge in [0, 0.05) is 18.9 Å². The minimum atomic E-state index is -0.210. The number of hydrogen-bond donors (Lipinski definition) is 0. The van der Waals surface area contributed by atoms with Crippen molar-refractivity contribution in [2.75, 3.05) is 13.7 Å². The van der Waals surface area contributed by atoms with Crippen LogP contribution in [0.2, 0.25) is 0 Å². The number of rotatable bonds is 9. The first kappa shape index (κ1) is 22.0. The van der Waals surface area contributed by atoms with Crippen LogP contribution in [0.25, 0.3) is 0 Å². The molecular weight excluding hydrogens is 411 g/mol. The zero-order valence-electron chi connectivity index (χ0n) is 18.1. The fourth-order valence-corrected chi connectivity index (χ4v) is 4.87. The van der Waals surface area contributed by atoms with Gasteiger partial charge in [0.25, 0.3) is 0 Å². The van der Waals surface area contributed by atoms with Crippen LogP contribution in [-0.4, -0.2) is 39.4 Å². The summed E-state index contributed by atoms with van der Waals surface area (Å²) in [5.74, 6) is 1.59. The molecule has 0 unspecified atom stereocenters. The molecule has 1 aromatic heterocycles. The van der Waals surface area contributed by atoms with Gasteiger partial charge < -0.3 is 9.30 Å². The first-order valence-electron chi connectivity index (χ1n) is 10.7. The molecule has 1 aliphatic rings. The topological polar surface area (TPSA) is 43.2 Å². The minimum Gasteiger partial charge on any atom is -0.376 e. The summed E-state index contributed by atoms with van der Waals surface area (Å²) in [5, 5.41) is 9.98. The van der Waals surface area contributed by atoms with Crippen LogP contribution in [0.1, 0.15) is 35.4 Å². The Morgan fingerprint density at radius 3 is 2.68 bits per heavy atom. The highest BCUT2D eigenvalue weighted by Crippen LogP contribution is 2.26. The van der Waals surface area contributed by atoms with Crippen molar-refractivity contribution >= 4 is 11.8 Å². The van der Waals surface area contributed by atoms with Crippen LogP contribution in [0.5, 0.6) is 0 Å². The number of aryl methyl sites for hydroxylation is 1. The van der Waals surface area contributed by atoms with Crippen molar-refractivity contribution in [2.45, 2.75) is 56.4 Å². The van der Waals surface area contributed by atoms with Crippen LogP contribution in [0.3, 0.4) is 0 Å². The Labute approximate surface area is 187 Å². The van der Waals surface area contributed by atoms with Crippen LogP contribution in [-0.2, 0) is 30.1 Å². The van der Waals surface area contributed by atoms with Crippen molar-refractivity contribution in [1.29, 1.82) is 0 Å². The highest BCUT2D eigenvalue weighted by Gasteiger charge is 2.22. The van der Waals surface area contributed by atoms with E-state index in [0.717, 1.165) is 54.8 Å². The second-order valence-electron chi connectivity index (χ2n) is 8.16. The van der Waals surface area contributed by atoms with E-state index in [1.54, 1.807) is 11.8 Å². The molecule has 0 radical (unpaired) electrons. The Morgan fingerprint density at radius 2 is 1.94 bits per heavy atom. The summed E-state index contributed by atoms with van der Waals surface area (Å²) < 4.78 is 21.3. The maximum Gasteiger partial charge on any atom is 0.191 e. The van der Waals surface area contributed by atoms with E-state index < -0.39 is 0 Å². The third-order valence-corrected chi connectivity index (χ3v) is 6.61. The zero-order valence-corrected chi connectivity index (χ0v) is 18.9. The number of benzene rings is 2. The molecule has 5 nitrogen and oxygen atoms in total. The van der Waals surface area contributed by atoms with Crippen LogP contribution in [0.15, 0.2) is 53.7 Å². The fraction of sp³-hybridized carbons (Fsp3) is 0.417. The van der Waals surface area contributed by atoms with E-state index in [-0.39, 0.29) is 11.9 Å². The minimum absolute atomic E-state index is 0.210. The maximum atomic E-state index is 13.2. The molecule has 1 aliphatic heterocycles. The normalized spacial score (nSPS) is 16.3. The highest BCUT2D eigenvalue weighted by molar-refractivity contribution is 7.98. The standard InChI is InChI=1S/C24H29FN4OS/c1-18-6-3-4-7-20(18)17-31-24-27-26-23(29(24)15-22-8-5-13-30-22)16-28(2)14-19-9-11-21(25)12-10-19/h3-4,6-7,9-12,22H,5,8,13-17H2,1-2H3/t22-/m0/s1. The van der Waals surface area contributed by atoms with Crippen molar-refractivity contribution in [3.63, 3.8) is 0 Å². The van der Waals surface area contributed by atoms with Gasteiger partial charge in [0.05, 0.1) is 19.2 Å². The van der Waals surface area contributed by atoms with Crippen molar-refractivity contribution in [2.24, 2.45) is 0 Å². The van der Waals surface area contributed by atoms with Gasteiger partial charge in [-0.25, -0.2) is 4.39 Å². The third-order valence-electron chi connectivity index (χ3n) is 5.60. The molecule has 3 aromatic rings. The van der Waals surface area contributed by atoms with E-state index in [0.29, 0.717) is 6.54 Å². The first-order valence-corrected chi connectivity index (χ1v) is 11.7. The number of halogens is 1. The summed E-state index contributed by atoms with van der Waals surface area (Å²) in [7, 11) is 2.05. The predicted octanol–water partition coefficient (Wildman–Crippen LogP) is 4.83. The van der Waals surface area contributed by atoms with Gasteiger partial charge in [-0.05, 0) is 55.6 Å². The molecule has 1 fully saturated rings. The maximum absolute atomic E-state index is 13.2. The fourth-order valence-electron chi connectivity index (χ4n) is 3.83. The number of thioether (sulfide) groups is 1. The van der Waals surface area contributed by atoms with E-state index in [1.165, 1.54) is 23.3 Å². The molecule has 31 heavy (non-hydrogen) atoms. The van der Waals surface area contributed by atoms with E-state index in [4.69, 9.17) is 4.74 Å². The van der Waals surface area contributed by atoms with Gasteiger partial charge >= 0.3 is 0 Å². The molecule has 0 spiro atoms. The lowest BCUT2D eigenvalue weighted by molar-refractivity contribution is 0.0934. The summed E-state index contributed by atoms with van der Waals surface area (Å²) in [4.78, 5) is 2.18. The number of aromatic nitrogens is 3. The summed E-state index contributed by atoms with van der Waals surface area (Å²) in [6.07, 6.45) is 2.40. The zero-order chi connectivity index (χ0) is 21.6. The number of hydrogen-bond acceptors (Lipinski definition) is 5. The third kappa shape index (κ3) is 5.93. The largest absolute Gasteiger partial charge is 0.376 e. The smallest absolute Gasteiger partial charge is 0.191 e. The average Bonchev–Trinajstić information content (AvgIpc) is 3.40. The molecule has 0 saturated carbocycles. The van der Waals surface area contributed by atoms with E-state index in [2.05, 4.69) is 57.9 Å². The van der Waals surface area contributed by atoms with E-state index in [9.17, 15) is 4.39 Å². The Bertz CT molecular complexity index is 985. The molecule has 1 saturated heterocycles. The van der Waals surface area contributed by atoms with Crippen LogP contribution >= 0.6 is 11.8 Å². The van der Waals surface area contributed by atoms with Gasteiger partial charge in [0.2, 0.25) is 0 Å². The van der Waals surface area contributed by atoms with Crippen molar-refractivity contribution in [3.05, 3.63) is 76.9 Å². The summed E-state index contributed by atoms with van der Waals surface area (Å²) in [5.41, 5.74) is 3.68. The van der Waals surface area contributed by atoms with E-state index in [1.807, 2.05) is 12.1 Å². The van der Waals surface area contributed by atoms with Crippen molar-refractivity contribution in [3.8, 4) is 0 Å². The van der Waals surface area contributed by atoms with Crippen molar-refractivity contribution in [1.82, 2.24) is 19.7 Å². The molecule has 2 aromatic carbocycles. The van der Waals surface area contributed by atoms with Crippen LogP contribution in [0, 0.1) is 12.7 Å². The van der Waals surface area contributed by atoms with Gasteiger partial charge in [-0.2, -0.15) is 0 Å². The Morgan fingerprint density at radius 1 is 1.13 bits per heavy atom. The van der Waals surface area contributed by atoms with Gasteiger partial charge in [-0.15, -0.1) is 10.2 Å². The molecule has 0 amide bonds. The molecule has 1 atom stereocenters. The monoisotopic (exact) mass is 440 g/mol. The van der Waals surface area contributed by atoms with Gasteiger partial charge in [0.1, 0.15) is 11.6 Å². The Balaban J connectivity index is 1.47. The predicted molar refractivity (Wildman–Crippen MR) is 121 cm³/mol. The molecule has 0 N–H and O–H groups in total. The second kappa shape index (κ2) is 10.4. The van der Waals surface area contributed by atoms with Crippen LogP contribution in [0.4, 0.5) is 4.39 Å². The van der Waals surface area contributed by atoms with Crippen molar-refractivity contribution < 1.29 is 9.13 Å². The molecular formula is C24H29FN4OS. The molecule has 0 bridgehead atoms. The second-order valence-corrected chi connectivity index (χ2v) is 9.10. The van der Waals surface area contributed by atoms with E-state index >= 15 is 0 Å². The number of nitrogens with zero attached hydrogens (tertiary/aromatic N) is 4. The molecule has 164 valence electrons. The Hall–Kier alpha value is -2.22. The lowest BCUT2D eigenvalue weighted by Gasteiger charge is -2.19. The lowest BCUT2D eigenvalue weighted by atomic mass is 10.1. The first-order chi connectivity index (χ1) is 15.1. The van der Waals surface area contributed by atoms with Gasteiger partial charge in [-0.3, -0.25) is 4.90 Å². The molecule has 0 aliphatic carbocycles. The molecule has 7 heteroatoms. The summed E-state index contributed by atoms with van der Waals surface area (Å²) >= 11 is 1.72. The molecule has 2 heterocycles. The lowest BCUT2D eigenvalue weighted by Crippen LogP contribution is -2.23. The van der Waals surface area contributed by atoms with Gasteiger partial charge in [-0.1, -0.05) is 48.2 Å². The summed E-state index contributed by atoms with van der Waals surface area (Å²) in [6, 6.07) is 15.1. The number of ether oxygens (including phenoxy) is 1. The molecule has 4 rings (SSSR count). The van der Waals surface area contributed by atoms with Crippen LogP contribution < -0.4 is 0 Å². The Kier molecular flexibility index (Phi) is 7.37. The van der Waals surface area contributed by atoms with Gasteiger partial charge in [0.15, 0.2) is 5.16 Å². The SMILES string of the molecule is Cc1ccccc1CSc1nnc(CN(C)Cc2ccc(F)cc2)n1C[C@@H]1CCCO1. The summed E-state index contributed by atoms with van der Waals surface area (Å²) in [6.45, 7) is 5.14. The quantitative estimate of drug-likeness (QED) is 0.446. The average molecular weight is 441 g/mol. The highest BCUT2D eigenvalue weighted by atomic mass is 32.2.